The first kappa shape index (κ1) is 8.66. The number of carbonyl (C=O) groups excluding carboxylic acids is 1. The molecule has 0 saturated carbocycles. The van der Waals surface area contributed by atoms with Crippen LogP contribution in [0.5, 0.6) is 0 Å². The van der Waals surface area contributed by atoms with E-state index in [1.54, 1.807) is 22.7 Å². The van der Waals surface area contributed by atoms with Crippen molar-refractivity contribution in [2.75, 3.05) is 0 Å². The molecule has 66 valence electrons. The van der Waals surface area contributed by atoms with Crippen LogP contribution in [-0.4, -0.2) is 5.78 Å². The largest absolute Gasteiger partial charge is 0.289 e. The van der Waals surface area contributed by atoms with E-state index in [9.17, 15) is 4.79 Å². The van der Waals surface area contributed by atoms with E-state index >= 15 is 0 Å². The van der Waals surface area contributed by atoms with Crippen molar-refractivity contribution in [3.63, 3.8) is 0 Å². The fourth-order valence-corrected chi connectivity index (χ4v) is 2.50. The lowest BCUT2D eigenvalue weighted by Gasteiger charge is -1.95. The van der Waals surface area contributed by atoms with E-state index in [4.69, 9.17) is 0 Å². The Morgan fingerprint density at radius 2 is 2.15 bits per heavy atom. The van der Waals surface area contributed by atoms with Crippen LogP contribution in [0.4, 0.5) is 0 Å². The van der Waals surface area contributed by atoms with Gasteiger partial charge in [0.25, 0.3) is 0 Å². The van der Waals surface area contributed by atoms with Crippen LogP contribution in [0.15, 0.2) is 28.3 Å². The summed E-state index contributed by atoms with van der Waals surface area (Å²) in [5.41, 5.74) is 1.63. The molecule has 2 heterocycles. The molecule has 1 nitrogen and oxygen atoms in total. The van der Waals surface area contributed by atoms with Gasteiger partial charge < -0.3 is 0 Å². The summed E-state index contributed by atoms with van der Waals surface area (Å²) >= 11 is 3.17. The monoisotopic (exact) mass is 208 g/mol. The van der Waals surface area contributed by atoms with Gasteiger partial charge in [0, 0.05) is 21.4 Å². The third kappa shape index (κ3) is 1.57. The second kappa shape index (κ2) is 3.44. The third-order valence-electron chi connectivity index (χ3n) is 1.89. The van der Waals surface area contributed by atoms with Gasteiger partial charge >= 0.3 is 0 Å². The van der Waals surface area contributed by atoms with Gasteiger partial charge in [-0.15, -0.1) is 11.3 Å². The number of aryl methyl sites for hydroxylation is 1. The van der Waals surface area contributed by atoms with Crippen molar-refractivity contribution in [3.8, 4) is 0 Å². The summed E-state index contributed by atoms with van der Waals surface area (Å²) in [7, 11) is 0. The van der Waals surface area contributed by atoms with Crippen LogP contribution in [0.1, 0.15) is 20.8 Å². The van der Waals surface area contributed by atoms with Gasteiger partial charge in [0.05, 0.1) is 0 Å². The van der Waals surface area contributed by atoms with Crippen molar-refractivity contribution in [3.05, 3.63) is 44.3 Å². The molecule has 0 saturated heterocycles. The van der Waals surface area contributed by atoms with Gasteiger partial charge in [-0.1, -0.05) is 0 Å². The van der Waals surface area contributed by atoms with Crippen LogP contribution in [0.25, 0.3) is 0 Å². The molecule has 0 radical (unpaired) electrons. The maximum Gasteiger partial charge on any atom is 0.194 e. The van der Waals surface area contributed by atoms with E-state index in [0.717, 1.165) is 16.0 Å². The van der Waals surface area contributed by atoms with Crippen molar-refractivity contribution in [2.24, 2.45) is 0 Å². The van der Waals surface area contributed by atoms with Crippen molar-refractivity contribution < 1.29 is 4.79 Å². The van der Waals surface area contributed by atoms with E-state index in [0.29, 0.717) is 0 Å². The average molecular weight is 208 g/mol. The number of carbonyl (C=O) groups is 1. The van der Waals surface area contributed by atoms with Gasteiger partial charge in [-0.2, -0.15) is 11.3 Å². The van der Waals surface area contributed by atoms with Crippen LogP contribution in [0, 0.1) is 6.92 Å². The lowest BCUT2D eigenvalue weighted by molar-refractivity contribution is 0.103. The maximum atomic E-state index is 11.8. The SMILES string of the molecule is Cc1sccc1C(=O)c1ccsc1. The lowest BCUT2D eigenvalue weighted by atomic mass is 10.1. The predicted octanol–water partition coefficient (Wildman–Crippen LogP) is 3.35. The smallest absolute Gasteiger partial charge is 0.194 e. The highest BCUT2D eigenvalue weighted by atomic mass is 32.1. The first-order valence-corrected chi connectivity index (χ1v) is 5.72. The first-order valence-electron chi connectivity index (χ1n) is 3.90. The molecule has 0 fully saturated rings. The van der Waals surface area contributed by atoms with E-state index in [2.05, 4.69) is 0 Å². The molecule has 2 aromatic heterocycles. The van der Waals surface area contributed by atoms with Crippen LogP contribution in [-0.2, 0) is 0 Å². The fraction of sp³-hybridized carbons (Fsp3) is 0.100. The van der Waals surface area contributed by atoms with Crippen molar-refractivity contribution >= 4 is 28.5 Å². The van der Waals surface area contributed by atoms with E-state index in [1.165, 1.54) is 0 Å². The predicted molar refractivity (Wildman–Crippen MR) is 56.8 cm³/mol. The molecule has 0 atom stereocenters. The molecular formula is C10H8OS2. The zero-order valence-corrected chi connectivity index (χ0v) is 8.74. The van der Waals surface area contributed by atoms with Crippen molar-refractivity contribution in [1.29, 1.82) is 0 Å². The Kier molecular flexibility index (Phi) is 2.29. The minimum Gasteiger partial charge on any atom is -0.289 e. The Morgan fingerprint density at radius 3 is 2.69 bits per heavy atom. The zero-order valence-electron chi connectivity index (χ0n) is 7.11. The summed E-state index contributed by atoms with van der Waals surface area (Å²) < 4.78 is 0. The molecule has 0 N–H and O–H groups in total. The highest BCUT2D eigenvalue weighted by Gasteiger charge is 2.12. The highest BCUT2D eigenvalue weighted by molar-refractivity contribution is 7.10. The Bertz CT molecular complexity index is 412. The maximum absolute atomic E-state index is 11.8. The van der Waals surface area contributed by atoms with Gasteiger partial charge in [-0.3, -0.25) is 4.79 Å². The topological polar surface area (TPSA) is 17.1 Å². The quantitative estimate of drug-likeness (QED) is 0.692. The Balaban J connectivity index is 2.39. The number of ketones is 1. The normalized spacial score (nSPS) is 10.2. The van der Waals surface area contributed by atoms with Gasteiger partial charge in [-0.25, -0.2) is 0 Å². The standard InChI is InChI=1S/C10H8OS2/c1-7-9(3-5-13-7)10(11)8-2-4-12-6-8/h2-6H,1H3. The molecule has 3 heteroatoms. The van der Waals surface area contributed by atoms with Crippen LogP contribution < -0.4 is 0 Å². The molecule has 0 bridgehead atoms. The number of rotatable bonds is 2. The minimum atomic E-state index is 0.139. The lowest BCUT2D eigenvalue weighted by Crippen LogP contribution is -1.98. The number of hydrogen-bond donors (Lipinski definition) is 0. The Hall–Kier alpha value is -0.930. The summed E-state index contributed by atoms with van der Waals surface area (Å²) in [5, 5.41) is 5.77. The summed E-state index contributed by atoms with van der Waals surface area (Å²) in [6.45, 7) is 1.98. The molecule has 2 aromatic rings. The zero-order chi connectivity index (χ0) is 9.26. The second-order valence-corrected chi connectivity index (χ2v) is 4.63. The summed E-state index contributed by atoms with van der Waals surface area (Å²) in [6.07, 6.45) is 0. The van der Waals surface area contributed by atoms with Gasteiger partial charge in [0.2, 0.25) is 0 Å². The molecule has 0 aliphatic carbocycles. The molecule has 0 unspecified atom stereocenters. The van der Waals surface area contributed by atoms with E-state index in [-0.39, 0.29) is 5.78 Å². The molecule has 0 aromatic carbocycles. The van der Waals surface area contributed by atoms with Crippen LogP contribution in [0.3, 0.4) is 0 Å². The van der Waals surface area contributed by atoms with Crippen molar-refractivity contribution in [2.45, 2.75) is 6.92 Å². The summed E-state index contributed by atoms with van der Waals surface area (Å²) in [4.78, 5) is 12.9. The molecule has 0 spiro atoms. The highest BCUT2D eigenvalue weighted by Crippen LogP contribution is 2.20. The molecule has 2 rings (SSSR count). The third-order valence-corrected chi connectivity index (χ3v) is 3.42. The van der Waals surface area contributed by atoms with Gasteiger partial charge in [0.15, 0.2) is 5.78 Å². The number of thiophene rings is 2. The number of hydrogen-bond acceptors (Lipinski definition) is 3. The first-order chi connectivity index (χ1) is 6.29. The molecular weight excluding hydrogens is 200 g/mol. The molecule has 0 amide bonds. The molecule has 0 aliphatic rings. The van der Waals surface area contributed by atoms with E-state index < -0.39 is 0 Å². The molecule has 0 aliphatic heterocycles. The van der Waals surface area contributed by atoms with Crippen molar-refractivity contribution in [1.82, 2.24) is 0 Å². The molecule has 13 heavy (non-hydrogen) atoms. The van der Waals surface area contributed by atoms with Crippen LogP contribution >= 0.6 is 22.7 Å². The van der Waals surface area contributed by atoms with Gasteiger partial charge in [0.1, 0.15) is 0 Å². The fourth-order valence-electron chi connectivity index (χ4n) is 1.17. The minimum absolute atomic E-state index is 0.139. The van der Waals surface area contributed by atoms with Crippen LogP contribution in [0.2, 0.25) is 0 Å². The Labute approximate surface area is 84.7 Å². The summed E-state index contributed by atoms with van der Waals surface area (Å²) in [5.74, 6) is 0.139. The second-order valence-electron chi connectivity index (χ2n) is 2.73. The van der Waals surface area contributed by atoms with Gasteiger partial charge in [-0.05, 0) is 29.8 Å². The summed E-state index contributed by atoms with van der Waals surface area (Å²) in [6, 6.07) is 3.75. The van der Waals surface area contributed by atoms with E-state index in [1.807, 2.05) is 35.2 Å². The average Bonchev–Trinajstić information content (AvgIpc) is 2.72. The Morgan fingerprint density at radius 1 is 1.31 bits per heavy atom.